The van der Waals surface area contributed by atoms with Crippen molar-refractivity contribution in [2.24, 2.45) is 0 Å². The molecule has 0 radical (unpaired) electrons. The predicted molar refractivity (Wildman–Crippen MR) is 103 cm³/mol. The highest BCUT2D eigenvalue weighted by Crippen LogP contribution is 2.19. The number of carbonyl (C=O) groups excluding carboxylic acids is 3. The van der Waals surface area contributed by atoms with Gasteiger partial charge in [0.05, 0.1) is 21.3 Å². The third-order valence-corrected chi connectivity index (χ3v) is 4.44. The smallest absolute Gasteiger partial charge is 0.338 e. The van der Waals surface area contributed by atoms with Gasteiger partial charge >= 0.3 is 5.97 Å². The monoisotopic (exact) mass is 383 g/mol. The molecule has 8 heteroatoms. The summed E-state index contributed by atoms with van der Waals surface area (Å²) in [6, 6.07) is 11.5. The Bertz CT molecular complexity index is 999. The summed E-state index contributed by atoms with van der Waals surface area (Å²) < 4.78 is 5.93. The van der Waals surface area contributed by atoms with E-state index >= 15 is 0 Å². The van der Waals surface area contributed by atoms with Crippen LogP contribution < -0.4 is 10.6 Å². The van der Waals surface area contributed by atoms with Crippen molar-refractivity contribution in [3.05, 3.63) is 59.1 Å². The zero-order valence-corrected chi connectivity index (χ0v) is 15.3. The number of esters is 1. The Labute approximate surface area is 159 Å². The molecule has 1 aromatic heterocycles. The summed E-state index contributed by atoms with van der Waals surface area (Å²) in [5, 5.41) is 5.29. The minimum atomic E-state index is -0.587. The van der Waals surface area contributed by atoms with Crippen LogP contribution in [0.3, 0.4) is 0 Å². The molecular weight excluding hydrogens is 366 g/mol. The molecule has 0 spiro atoms. The van der Waals surface area contributed by atoms with E-state index in [2.05, 4.69) is 15.6 Å². The van der Waals surface area contributed by atoms with E-state index < -0.39 is 18.5 Å². The molecule has 2 N–H and O–H groups in total. The van der Waals surface area contributed by atoms with Gasteiger partial charge in [0.25, 0.3) is 11.8 Å². The van der Waals surface area contributed by atoms with Gasteiger partial charge in [-0.05, 0) is 43.3 Å². The highest BCUT2D eigenvalue weighted by molar-refractivity contribution is 7.16. The highest BCUT2D eigenvalue weighted by atomic mass is 32.1. The third kappa shape index (κ3) is 4.68. The average Bonchev–Trinajstić information content (AvgIpc) is 3.14. The van der Waals surface area contributed by atoms with E-state index in [1.165, 1.54) is 11.3 Å². The van der Waals surface area contributed by atoms with Gasteiger partial charge in [0.2, 0.25) is 0 Å². The number of hydrogen-bond donors (Lipinski definition) is 2. The lowest BCUT2D eigenvalue weighted by molar-refractivity contribution is -0.119. The summed E-state index contributed by atoms with van der Waals surface area (Å²) in [4.78, 5) is 40.1. The molecule has 0 saturated carbocycles. The van der Waals surface area contributed by atoms with Crippen LogP contribution in [0.25, 0.3) is 10.2 Å². The molecule has 0 aliphatic rings. The first-order chi connectivity index (χ1) is 13.1. The molecule has 0 unspecified atom stereocenters. The Morgan fingerprint density at radius 2 is 1.96 bits per heavy atom. The molecule has 0 bridgehead atoms. The Kier molecular flexibility index (Phi) is 5.77. The number of benzene rings is 2. The molecule has 0 atom stereocenters. The van der Waals surface area contributed by atoms with E-state index in [1.807, 2.05) is 6.92 Å². The molecule has 7 nitrogen and oxygen atoms in total. The normalized spacial score (nSPS) is 10.4. The van der Waals surface area contributed by atoms with Crippen LogP contribution in [0.2, 0.25) is 0 Å². The maximum absolute atomic E-state index is 12.1. The number of anilines is 1. The van der Waals surface area contributed by atoms with Crippen LogP contribution in [0.1, 0.15) is 27.6 Å². The van der Waals surface area contributed by atoms with E-state index in [9.17, 15) is 14.4 Å². The number of amides is 2. The van der Waals surface area contributed by atoms with Gasteiger partial charge in [0.1, 0.15) is 0 Å². The van der Waals surface area contributed by atoms with Crippen LogP contribution in [0.4, 0.5) is 5.69 Å². The summed E-state index contributed by atoms with van der Waals surface area (Å²) in [6.45, 7) is 1.91. The number of carbonyl (C=O) groups is 3. The first-order valence-electron chi connectivity index (χ1n) is 8.25. The lowest BCUT2D eigenvalue weighted by Gasteiger charge is -2.08. The van der Waals surface area contributed by atoms with E-state index in [0.717, 1.165) is 10.2 Å². The summed E-state index contributed by atoms with van der Waals surface area (Å²) in [6.07, 6.45) is 0. The number of ether oxygens (including phenoxy) is 1. The van der Waals surface area contributed by atoms with Crippen molar-refractivity contribution in [1.82, 2.24) is 10.3 Å². The zero-order valence-electron chi connectivity index (χ0n) is 14.5. The van der Waals surface area contributed by atoms with Gasteiger partial charge in [-0.1, -0.05) is 6.07 Å². The second-order valence-electron chi connectivity index (χ2n) is 5.60. The molecule has 2 aromatic carbocycles. The lowest BCUT2D eigenvalue weighted by atomic mass is 10.2. The summed E-state index contributed by atoms with van der Waals surface area (Å²) >= 11 is 1.42. The lowest BCUT2D eigenvalue weighted by Crippen LogP contribution is -2.23. The molecule has 0 fully saturated rings. The van der Waals surface area contributed by atoms with E-state index in [1.54, 1.807) is 48.0 Å². The van der Waals surface area contributed by atoms with E-state index in [4.69, 9.17) is 4.74 Å². The summed E-state index contributed by atoms with van der Waals surface area (Å²) in [5.74, 6) is -1.30. The predicted octanol–water partition coefficient (Wildman–Crippen LogP) is 2.84. The highest BCUT2D eigenvalue weighted by Gasteiger charge is 2.12. The largest absolute Gasteiger partial charge is 0.452 e. The Morgan fingerprint density at radius 3 is 2.78 bits per heavy atom. The number of rotatable bonds is 6. The van der Waals surface area contributed by atoms with Gasteiger partial charge in [-0.3, -0.25) is 9.59 Å². The van der Waals surface area contributed by atoms with Crippen LogP contribution in [0.15, 0.2) is 48.0 Å². The van der Waals surface area contributed by atoms with Crippen LogP contribution in [-0.2, 0) is 9.53 Å². The summed E-state index contributed by atoms with van der Waals surface area (Å²) in [7, 11) is 0. The second-order valence-corrected chi connectivity index (χ2v) is 6.49. The average molecular weight is 383 g/mol. The molecule has 138 valence electrons. The minimum Gasteiger partial charge on any atom is -0.452 e. The number of aromatic nitrogens is 1. The van der Waals surface area contributed by atoms with Crippen LogP contribution in [-0.4, -0.2) is 35.9 Å². The van der Waals surface area contributed by atoms with Crippen molar-refractivity contribution in [1.29, 1.82) is 0 Å². The fraction of sp³-hybridized carbons (Fsp3) is 0.158. The molecule has 27 heavy (non-hydrogen) atoms. The van der Waals surface area contributed by atoms with Crippen LogP contribution in [0.5, 0.6) is 0 Å². The number of hydrogen-bond acceptors (Lipinski definition) is 6. The van der Waals surface area contributed by atoms with Crippen molar-refractivity contribution in [2.75, 3.05) is 18.5 Å². The van der Waals surface area contributed by atoms with Gasteiger partial charge in [-0.2, -0.15) is 0 Å². The molecule has 0 aliphatic heterocycles. The minimum absolute atomic E-state index is 0.224. The Hall–Kier alpha value is -3.26. The summed E-state index contributed by atoms with van der Waals surface area (Å²) in [5.41, 5.74) is 3.75. The SMILES string of the molecule is CCNC(=O)c1cccc(NC(=O)COC(=O)c2ccc3ncsc3c2)c1. The first kappa shape index (κ1) is 18.5. The molecular formula is C19H17N3O4S. The third-order valence-electron chi connectivity index (χ3n) is 3.65. The second kappa shape index (κ2) is 8.41. The molecule has 1 heterocycles. The van der Waals surface area contributed by atoms with Crippen molar-refractivity contribution >= 4 is 45.0 Å². The van der Waals surface area contributed by atoms with Gasteiger partial charge in [0.15, 0.2) is 6.61 Å². The number of nitrogens with zero attached hydrogens (tertiary/aromatic N) is 1. The maximum Gasteiger partial charge on any atom is 0.338 e. The Balaban J connectivity index is 1.57. The quantitative estimate of drug-likeness (QED) is 0.638. The van der Waals surface area contributed by atoms with Gasteiger partial charge in [0, 0.05) is 17.8 Å². The fourth-order valence-electron chi connectivity index (χ4n) is 2.39. The number of fused-ring (bicyclic) bond motifs is 1. The molecule has 3 aromatic rings. The van der Waals surface area contributed by atoms with Crippen LogP contribution >= 0.6 is 11.3 Å². The first-order valence-corrected chi connectivity index (χ1v) is 9.13. The number of nitrogens with one attached hydrogen (secondary N) is 2. The number of thiazole rings is 1. The van der Waals surface area contributed by atoms with Crippen molar-refractivity contribution in [3.63, 3.8) is 0 Å². The van der Waals surface area contributed by atoms with E-state index in [-0.39, 0.29) is 5.91 Å². The molecule has 2 amide bonds. The van der Waals surface area contributed by atoms with Gasteiger partial charge < -0.3 is 15.4 Å². The molecule has 0 saturated heterocycles. The maximum atomic E-state index is 12.1. The standard InChI is InChI=1S/C19H17N3O4S/c1-2-20-18(24)12-4-3-5-14(8-12)22-17(23)10-26-19(25)13-6-7-15-16(9-13)27-11-21-15/h3-9,11H,2,10H2,1H3,(H,20,24)(H,22,23). The van der Waals surface area contributed by atoms with E-state index in [0.29, 0.717) is 23.4 Å². The molecule has 0 aliphatic carbocycles. The van der Waals surface area contributed by atoms with Gasteiger partial charge in [-0.15, -0.1) is 11.3 Å². The fourth-order valence-corrected chi connectivity index (χ4v) is 3.11. The van der Waals surface area contributed by atoms with Crippen molar-refractivity contribution in [2.45, 2.75) is 6.92 Å². The van der Waals surface area contributed by atoms with Gasteiger partial charge in [-0.25, -0.2) is 9.78 Å². The Morgan fingerprint density at radius 1 is 1.11 bits per heavy atom. The molecule has 3 rings (SSSR count). The zero-order chi connectivity index (χ0) is 19.2. The van der Waals surface area contributed by atoms with Crippen molar-refractivity contribution < 1.29 is 19.1 Å². The van der Waals surface area contributed by atoms with Crippen molar-refractivity contribution in [3.8, 4) is 0 Å². The topological polar surface area (TPSA) is 97.4 Å². The van der Waals surface area contributed by atoms with Crippen LogP contribution in [0, 0.1) is 0 Å².